The van der Waals surface area contributed by atoms with E-state index < -0.39 is 0 Å². The van der Waals surface area contributed by atoms with E-state index in [4.69, 9.17) is 27.7 Å². The van der Waals surface area contributed by atoms with Gasteiger partial charge in [-0.3, -0.25) is 0 Å². The molecule has 1 aliphatic carbocycles. The molecule has 0 saturated heterocycles. The fraction of sp³-hybridized carbons (Fsp3) is 0.333. The zero-order chi connectivity index (χ0) is 14.6. The van der Waals surface area contributed by atoms with Crippen molar-refractivity contribution in [1.82, 2.24) is 10.1 Å². The molecule has 0 unspecified atom stereocenters. The Morgan fingerprint density at radius 2 is 2.29 bits per heavy atom. The minimum Gasteiger partial charge on any atom is -0.345 e. The molecule has 1 saturated carbocycles. The number of allylic oxidation sites excluding steroid dienone is 1. The molecule has 0 spiro atoms. The third kappa shape index (κ3) is 2.05. The summed E-state index contributed by atoms with van der Waals surface area (Å²) in [6.45, 7) is 3.08. The van der Waals surface area contributed by atoms with E-state index in [1.54, 1.807) is 0 Å². The van der Waals surface area contributed by atoms with E-state index in [2.05, 4.69) is 28.0 Å². The van der Waals surface area contributed by atoms with Gasteiger partial charge in [-0.1, -0.05) is 22.8 Å². The Balaban J connectivity index is 1.61. The molecule has 21 heavy (non-hydrogen) atoms. The first-order valence-electron chi connectivity index (χ1n) is 6.81. The summed E-state index contributed by atoms with van der Waals surface area (Å²) in [4.78, 5) is 6.63. The van der Waals surface area contributed by atoms with Crippen molar-refractivity contribution in [2.45, 2.75) is 18.7 Å². The molecule has 1 aliphatic heterocycles. The fourth-order valence-corrected chi connectivity index (χ4v) is 3.51. The SMILES string of the molecule is CC1=C2[C@H](c3noc(CCl)n3)[C@H]2CN1c1cccc(Cl)c1. The number of rotatable bonds is 3. The Hall–Kier alpha value is -1.52. The predicted molar refractivity (Wildman–Crippen MR) is 81.6 cm³/mol. The van der Waals surface area contributed by atoms with Crippen LogP contribution in [0.4, 0.5) is 5.69 Å². The Morgan fingerprint density at radius 1 is 1.43 bits per heavy atom. The van der Waals surface area contributed by atoms with Gasteiger partial charge in [0.25, 0.3) is 0 Å². The molecule has 2 aliphatic rings. The number of halogens is 2. The quantitative estimate of drug-likeness (QED) is 0.802. The lowest BCUT2D eigenvalue weighted by Gasteiger charge is -2.23. The van der Waals surface area contributed by atoms with Crippen LogP contribution >= 0.6 is 23.2 Å². The Morgan fingerprint density at radius 3 is 2.90 bits per heavy atom. The number of hydrogen-bond donors (Lipinski definition) is 0. The molecular weight excluding hydrogens is 309 g/mol. The summed E-state index contributed by atoms with van der Waals surface area (Å²) in [6, 6.07) is 7.93. The minimum absolute atomic E-state index is 0.261. The standard InChI is InChI=1S/C15H13Cl2N3O/c1-8-13-11(14(13)15-18-12(6-16)21-19-15)7-20(8)10-4-2-3-9(17)5-10/h2-5,11,14H,6-7H2,1H3/t11-,14+/m0/s1. The van der Waals surface area contributed by atoms with E-state index in [1.165, 1.54) is 11.3 Å². The molecule has 1 fully saturated rings. The van der Waals surface area contributed by atoms with Gasteiger partial charge in [0, 0.05) is 28.9 Å². The first-order valence-corrected chi connectivity index (χ1v) is 7.72. The number of benzene rings is 1. The van der Waals surface area contributed by atoms with Crippen molar-refractivity contribution < 1.29 is 4.52 Å². The van der Waals surface area contributed by atoms with Crippen LogP contribution in [0.5, 0.6) is 0 Å². The lowest BCUT2D eigenvalue weighted by molar-refractivity contribution is 0.384. The molecule has 1 aromatic heterocycles. The molecule has 4 rings (SSSR count). The van der Waals surface area contributed by atoms with E-state index in [1.807, 2.05) is 18.2 Å². The van der Waals surface area contributed by atoms with E-state index in [9.17, 15) is 0 Å². The average Bonchev–Trinajstić information content (AvgIpc) is 2.83. The third-order valence-electron chi connectivity index (χ3n) is 4.23. The van der Waals surface area contributed by atoms with Gasteiger partial charge in [0.1, 0.15) is 5.88 Å². The van der Waals surface area contributed by atoms with Crippen LogP contribution in [-0.4, -0.2) is 16.7 Å². The smallest absolute Gasteiger partial charge is 0.241 e. The molecule has 1 aromatic carbocycles. The van der Waals surface area contributed by atoms with E-state index in [-0.39, 0.29) is 5.88 Å². The molecule has 4 nitrogen and oxygen atoms in total. The monoisotopic (exact) mass is 321 g/mol. The summed E-state index contributed by atoms with van der Waals surface area (Å²) in [5.74, 6) is 2.28. The van der Waals surface area contributed by atoms with Gasteiger partial charge >= 0.3 is 0 Å². The van der Waals surface area contributed by atoms with Gasteiger partial charge in [-0.15, -0.1) is 11.6 Å². The van der Waals surface area contributed by atoms with Crippen LogP contribution in [0.15, 0.2) is 40.1 Å². The summed E-state index contributed by atoms with van der Waals surface area (Å²) < 4.78 is 5.10. The minimum atomic E-state index is 0.261. The molecule has 2 atom stereocenters. The number of fused-ring (bicyclic) bond motifs is 1. The lowest BCUT2D eigenvalue weighted by Crippen LogP contribution is -2.21. The maximum absolute atomic E-state index is 6.07. The second-order valence-electron chi connectivity index (χ2n) is 5.40. The van der Waals surface area contributed by atoms with Crippen LogP contribution in [0.1, 0.15) is 24.6 Å². The molecule has 0 amide bonds. The zero-order valence-electron chi connectivity index (χ0n) is 11.4. The Labute approximate surface area is 132 Å². The maximum atomic E-state index is 6.07. The van der Waals surface area contributed by atoms with E-state index >= 15 is 0 Å². The highest BCUT2D eigenvalue weighted by atomic mass is 35.5. The van der Waals surface area contributed by atoms with Crippen molar-refractivity contribution in [1.29, 1.82) is 0 Å². The summed E-state index contributed by atoms with van der Waals surface area (Å²) in [5.41, 5.74) is 3.80. The zero-order valence-corrected chi connectivity index (χ0v) is 12.9. The van der Waals surface area contributed by atoms with Crippen molar-refractivity contribution in [2.24, 2.45) is 5.92 Å². The third-order valence-corrected chi connectivity index (χ3v) is 4.69. The van der Waals surface area contributed by atoms with Gasteiger partial charge in [-0.2, -0.15) is 4.98 Å². The van der Waals surface area contributed by atoms with Crippen LogP contribution in [0.25, 0.3) is 0 Å². The maximum Gasteiger partial charge on any atom is 0.241 e. The van der Waals surface area contributed by atoms with E-state index in [0.29, 0.717) is 17.7 Å². The first-order chi connectivity index (χ1) is 10.2. The van der Waals surface area contributed by atoms with Crippen LogP contribution in [0, 0.1) is 5.92 Å². The second kappa shape index (κ2) is 4.75. The van der Waals surface area contributed by atoms with Crippen LogP contribution in [-0.2, 0) is 5.88 Å². The van der Waals surface area contributed by atoms with Gasteiger partial charge in [0.2, 0.25) is 5.89 Å². The van der Waals surface area contributed by atoms with Crippen molar-refractivity contribution in [3.63, 3.8) is 0 Å². The van der Waals surface area contributed by atoms with Crippen molar-refractivity contribution in [2.75, 3.05) is 11.4 Å². The van der Waals surface area contributed by atoms with Crippen LogP contribution < -0.4 is 4.90 Å². The lowest BCUT2D eigenvalue weighted by atomic mass is 10.2. The van der Waals surface area contributed by atoms with Crippen LogP contribution in [0.2, 0.25) is 5.02 Å². The number of alkyl halides is 1. The molecule has 2 aromatic rings. The second-order valence-corrected chi connectivity index (χ2v) is 6.10. The van der Waals surface area contributed by atoms with Gasteiger partial charge in [0.15, 0.2) is 5.82 Å². The summed E-state index contributed by atoms with van der Waals surface area (Å²) in [6.07, 6.45) is 0. The Kier molecular flexibility index (Phi) is 2.98. The highest BCUT2D eigenvalue weighted by Crippen LogP contribution is 2.59. The van der Waals surface area contributed by atoms with Crippen LogP contribution in [0.3, 0.4) is 0 Å². The van der Waals surface area contributed by atoms with Crippen molar-refractivity contribution in [3.05, 3.63) is 52.3 Å². The fourth-order valence-electron chi connectivity index (χ4n) is 3.21. The molecule has 0 bridgehead atoms. The number of nitrogens with zero attached hydrogens (tertiary/aromatic N) is 3. The normalized spacial score (nSPS) is 23.7. The summed E-state index contributed by atoms with van der Waals surface area (Å²) in [7, 11) is 0. The number of hydrogen-bond acceptors (Lipinski definition) is 4. The van der Waals surface area contributed by atoms with Crippen molar-refractivity contribution in [3.8, 4) is 0 Å². The molecule has 0 N–H and O–H groups in total. The molecule has 2 heterocycles. The summed E-state index contributed by atoms with van der Waals surface area (Å²) in [5, 5.41) is 4.79. The first kappa shape index (κ1) is 13.2. The average molecular weight is 322 g/mol. The molecule has 6 heteroatoms. The van der Waals surface area contributed by atoms with Gasteiger partial charge in [0.05, 0.1) is 5.92 Å². The number of anilines is 1. The van der Waals surface area contributed by atoms with Crippen molar-refractivity contribution >= 4 is 28.9 Å². The van der Waals surface area contributed by atoms with Gasteiger partial charge in [-0.05, 0) is 30.7 Å². The highest BCUT2D eigenvalue weighted by Gasteiger charge is 2.54. The topological polar surface area (TPSA) is 42.2 Å². The molecular formula is C15H13Cl2N3O. The Bertz CT molecular complexity index is 740. The molecule has 0 radical (unpaired) electrons. The van der Waals surface area contributed by atoms with E-state index in [0.717, 1.165) is 23.1 Å². The largest absolute Gasteiger partial charge is 0.345 e. The molecule has 108 valence electrons. The summed E-state index contributed by atoms with van der Waals surface area (Å²) >= 11 is 11.8. The van der Waals surface area contributed by atoms with Gasteiger partial charge in [-0.25, -0.2) is 0 Å². The predicted octanol–water partition coefficient (Wildman–Crippen LogP) is 3.97. The highest BCUT2D eigenvalue weighted by molar-refractivity contribution is 6.30. The number of aromatic nitrogens is 2. The van der Waals surface area contributed by atoms with Gasteiger partial charge < -0.3 is 9.42 Å².